The average Bonchev–Trinajstić information content (AvgIpc) is 2.45. The lowest BCUT2D eigenvalue weighted by Gasteiger charge is -2.57. The van der Waals surface area contributed by atoms with Crippen LogP contribution in [0.15, 0.2) is 36.5 Å². The van der Waals surface area contributed by atoms with E-state index in [1.54, 1.807) is 0 Å². The summed E-state index contributed by atoms with van der Waals surface area (Å²) in [5.74, 6) is 0.0202. The molecule has 0 aromatic heterocycles. The molecule has 0 aromatic rings. The van der Waals surface area contributed by atoms with Gasteiger partial charge in [0.15, 0.2) is 0 Å². The van der Waals surface area contributed by atoms with Gasteiger partial charge in [-0.3, -0.25) is 4.79 Å². The van der Waals surface area contributed by atoms with Crippen molar-refractivity contribution in [2.24, 2.45) is 22.7 Å². The zero-order chi connectivity index (χ0) is 16.5. The molecule has 0 bridgehead atoms. The largest absolute Gasteiger partial charge is 0.481 e. The third-order valence-electron chi connectivity index (χ3n) is 6.51. The molecule has 0 unspecified atom stereocenters. The van der Waals surface area contributed by atoms with Crippen molar-refractivity contribution >= 4 is 5.97 Å². The summed E-state index contributed by atoms with van der Waals surface area (Å²) >= 11 is 0. The summed E-state index contributed by atoms with van der Waals surface area (Å²) in [6, 6.07) is 0. The highest BCUT2D eigenvalue weighted by atomic mass is 16.4. The van der Waals surface area contributed by atoms with Crippen molar-refractivity contribution in [2.75, 3.05) is 0 Å². The van der Waals surface area contributed by atoms with Crippen LogP contribution < -0.4 is 0 Å². The molecule has 0 amide bonds. The number of carbonyl (C=O) groups is 1. The van der Waals surface area contributed by atoms with Crippen LogP contribution in [0.3, 0.4) is 0 Å². The van der Waals surface area contributed by atoms with E-state index in [9.17, 15) is 9.90 Å². The van der Waals surface area contributed by atoms with Gasteiger partial charge in [0.25, 0.3) is 0 Å². The van der Waals surface area contributed by atoms with Crippen molar-refractivity contribution in [1.82, 2.24) is 0 Å². The molecule has 2 aliphatic rings. The molecule has 2 aliphatic carbocycles. The fraction of sp³-hybridized carbons (Fsp3) is 0.650. The number of rotatable bonds is 4. The molecule has 2 saturated carbocycles. The Hall–Kier alpha value is -1.31. The minimum Gasteiger partial charge on any atom is -0.481 e. The van der Waals surface area contributed by atoms with Gasteiger partial charge >= 0.3 is 5.97 Å². The molecular formula is C20H30O2. The Morgan fingerprint density at radius 3 is 2.68 bits per heavy atom. The highest BCUT2D eigenvalue weighted by Crippen LogP contribution is 2.61. The van der Waals surface area contributed by atoms with E-state index in [2.05, 4.69) is 33.1 Å². The van der Waals surface area contributed by atoms with E-state index in [1.807, 2.05) is 13.0 Å². The van der Waals surface area contributed by atoms with E-state index in [0.29, 0.717) is 5.92 Å². The Balaban J connectivity index is 2.36. The summed E-state index contributed by atoms with van der Waals surface area (Å²) in [4.78, 5) is 11.9. The average molecular weight is 302 g/mol. The maximum atomic E-state index is 11.9. The van der Waals surface area contributed by atoms with Gasteiger partial charge in [0.2, 0.25) is 0 Å². The molecule has 2 rings (SSSR count). The molecule has 122 valence electrons. The van der Waals surface area contributed by atoms with Crippen molar-refractivity contribution in [3.05, 3.63) is 36.5 Å². The second-order valence-electron chi connectivity index (χ2n) is 7.77. The van der Waals surface area contributed by atoms with Crippen LogP contribution >= 0.6 is 0 Å². The van der Waals surface area contributed by atoms with Gasteiger partial charge in [0.1, 0.15) is 0 Å². The van der Waals surface area contributed by atoms with Gasteiger partial charge in [-0.1, -0.05) is 49.8 Å². The monoisotopic (exact) mass is 302 g/mol. The van der Waals surface area contributed by atoms with E-state index in [4.69, 9.17) is 0 Å². The molecule has 0 radical (unpaired) electrons. The number of hydrogen-bond acceptors (Lipinski definition) is 1. The predicted octanol–water partition coefficient (Wildman–Crippen LogP) is 5.37. The number of carboxylic acids is 1. The second-order valence-corrected chi connectivity index (χ2v) is 7.77. The van der Waals surface area contributed by atoms with Crippen LogP contribution in [0.5, 0.6) is 0 Å². The Morgan fingerprint density at radius 2 is 2.09 bits per heavy atom. The van der Waals surface area contributed by atoms with Crippen LogP contribution in [0, 0.1) is 22.7 Å². The minimum atomic E-state index is -0.618. The standard InChI is InChI=1S/C20H30O2/c1-6-14(2)8-10-16-15(3)9-11-17-19(16,4)12-7-13-20(17,5)18(21)22/h6,8,16-17H,1,3,7,9-13H2,2,4-5H3,(H,21,22)/b14-8+/t16-,17-,19+,20-/m1/s1. The number of fused-ring (bicyclic) bond motifs is 1. The van der Waals surface area contributed by atoms with Crippen LogP contribution in [0.25, 0.3) is 0 Å². The number of allylic oxidation sites excluding steroid dienone is 4. The molecule has 1 N–H and O–H groups in total. The second kappa shape index (κ2) is 6.06. The topological polar surface area (TPSA) is 37.3 Å². The molecule has 0 spiro atoms. The zero-order valence-electron chi connectivity index (χ0n) is 14.3. The Labute approximate surface area is 135 Å². The SMILES string of the molecule is C=C/C(C)=C/C[C@@H]1C(=C)CC[C@@H]2[C@@]1(C)CCC[C@@]2(C)C(=O)O. The summed E-state index contributed by atoms with van der Waals surface area (Å²) < 4.78 is 0. The van der Waals surface area contributed by atoms with Gasteiger partial charge in [-0.05, 0) is 63.2 Å². The lowest BCUT2D eigenvalue weighted by Crippen LogP contribution is -2.53. The summed E-state index contributed by atoms with van der Waals surface area (Å²) in [7, 11) is 0. The molecule has 2 heteroatoms. The molecule has 0 aromatic carbocycles. The van der Waals surface area contributed by atoms with E-state index in [-0.39, 0.29) is 11.3 Å². The van der Waals surface area contributed by atoms with Crippen molar-refractivity contribution in [2.45, 2.75) is 59.3 Å². The highest BCUT2D eigenvalue weighted by Gasteiger charge is 2.57. The first-order valence-corrected chi connectivity index (χ1v) is 8.46. The molecule has 0 aliphatic heterocycles. The van der Waals surface area contributed by atoms with Crippen LogP contribution in [-0.4, -0.2) is 11.1 Å². The van der Waals surface area contributed by atoms with Gasteiger partial charge in [-0.25, -0.2) is 0 Å². The van der Waals surface area contributed by atoms with Crippen molar-refractivity contribution in [3.63, 3.8) is 0 Å². The van der Waals surface area contributed by atoms with Crippen molar-refractivity contribution in [3.8, 4) is 0 Å². The maximum absolute atomic E-state index is 11.9. The lowest BCUT2D eigenvalue weighted by molar-refractivity contribution is -0.164. The first-order chi connectivity index (χ1) is 10.3. The summed E-state index contributed by atoms with van der Waals surface area (Å²) in [6.07, 6.45) is 9.95. The molecule has 2 fully saturated rings. The molecule has 0 saturated heterocycles. The van der Waals surface area contributed by atoms with Gasteiger partial charge < -0.3 is 5.11 Å². The Morgan fingerprint density at radius 1 is 1.41 bits per heavy atom. The smallest absolute Gasteiger partial charge is 0.309 e. The fourth-order valence-electron chi connectivity index (χ4n) is 5.03. The normalized spacial score (nSPS) is 39.2. The Bertz CT molecular complexity index is 516. The Kier molecular flexibility index (Phi) is 4.70. The quantitative estimate of drug-likeness (QED) is 0.559. The molecule has 0 heterocycles. The lowest BCUT2D eigenvalue weighted by atomic mass is 9.46. The summed E-state index contributed by atoms with van der Waals surface area (Å²) in [5.41, 5.74) is 1.97. The number of carboxylic acid groups (broad SMARTS) is 1. The van der Waals surface area contributed by atoms with Crippen molar-refractivity contribution < 1.29 is 9.90 Å². The first kappa shape index (κ1) is 17.1. The van der Waals surface area contributed by atoms with Gasteiger partial charge in [-0.2, -0.15) is 0 Å². The minimum absolute atomic E-state index is 0.0542. The molecule has 4 atom stereocenters. The number of aliphatic carboxylic acids is 1. The zero-order valence-corrected chi connectivity index (χ0v) is 14.3. The fourth-order valence-corrected chi connectivity index (χ4v) is 5.03. The molecule has 2 nitrogen and oxygen atoms in total. The summed E-state index contributed by atoms with van der Waals surface area (Å²) in [6.45, 7) is 14.5. The van der Waals surface area contributed by atoms with Crippen LogP contribution in [0.1, 0.15) is 59.3 Å². The van der Waals surface area contributed by atoms with E-state index in [0.717, 1.165) is 38.5 Å². The van der Waals surface area contributed by atoms with E-state index < -0.39 is 11.4 Å². The van der Waals surface area contributed by atoms with Crippen LogP contribution in [-0.2, 0) is 4.79 Å². The van der Waals surface area contributed by atoms with Gasteiger partial charge in [0, 0.05) is 0 Å². The van der Waals surface area contributed by atoms with Crippen LogP contribution in [0.2, 0.25) is 0 Å². The maximum Gasteiger partial charge on any atom is 0.309 e. The molecular weight excluding hydrogens is 272 g/mol. The first-order valence-electron chi connectivity index (χ1n) is 8.46. The third kappa shape index (κ3) is 2.68. The van der Waals surface area contributed by atoms with Crippen molar-refractivity contribution in [1.29, 1.82) is 0 Å². The van der Waals surface area contributed by atoms with Crippen LogP contribution in [0.4, 0.5) is 0 Å². The predicted molar refractivity (Wildman–Crippen MR) is 91.6 cm³/mol. The van der Waals surface area contributed by atoms with E-state index in [1.165, 1.54) is 11.1 Å². The van der Waals surface area contributed by atoms with E-state index >= 15 is 0 Å². The summed E-state index contributed by atoms with van der Waals surface area (Å²) in [5, 5.41) is 9.81. The highest BCUT2D eigenvalue weighted by molar-refractivity contribution is 5.75. The van der Waals surface area contributed by atoms with Gasteiger partial charge in [-0.15, -0.1) is 0 Å². The number of hydrogen-bond donors (Lipinski definition) is 1. The third-order valence-corrected chi connectivity index (χ3v) is 6.51. The van der Waals surface area contributed by atoms with Gasteiger partial charge in [0.05, 0.1) is 5.41 Å². The molecule has 22 heavy (non-hydrogen) atoms.